The van der Waals surface area contributed by atoms with E-state index < -0.39 is 6.10 Å². The maximum absolute atomic E-state index is 10.0. The molecule has 0 heterocycles. The highest BCUT2D eigenvalue weighted by Crippen LogP contribution is 2.30. The second-order valence-electron chi connectivity index (χ2n) is 3.54. The molecule has 1 rings (SSSR count). The van der Waals surface area contributed by atoms with Crippen molar-refractivity contribution in [2.45, 2.75) is 18.9 Å². The summed E-state index contributed by atoms with van der Waals surface area (Å²) in [5.74, 6) is 0.716. The summed E-state index contributed by atoms with van der Waals surface area (Å²) in [6.07, 6.45) is 0.983. The number of rotatable bonds is 6. The van der Waals surface area contributed by atoms with Gasteiger partial charge in [0.15, 0.2) is 0 Å². The van der Waals surface area contributed by atoms with Gasteiger partial charge in [-0.1, -0.05) is 15.9 Å². The van der Waals surface area contributed by atoms with Crippen LogP contribution in [0.4, 0.5) is 0 Å². The maximum Gasteiger partial charge on any atom is 0.124 e. The van der Waals surface area contributed by atoms with E-state index in [0.29, 0.717) is 18.8 Å². The molecule has 0 aliphatic carbocycles. The molecule has 1 aromatic carbocycles. The van der Waals surface area contributed by atoms with Crippen LogP contribution in [0.2, 0.25) is 0 Å². The third kappa shape index (κ3) is 3.77. The standard InChI is InChI=1S/C12H17BrO3/c1-15-7-3-4-11(14)10-8-9(13)5-6-12(10)16-2/h5-6,8,11,14H,3-4,7H2,1-2H3. The van der Waals surface area contributed by atoms with Gasteiger partial charge < -0.3 is 14.6 Å². The molecule has 0 radical (unpaired) electrons. The lowest BCUT2D eigenvalue weighted by atomic mass is 10.0. The minimum absolute atomic E-state index is 0.511. The van der Waals surface area contributed by atoms with Gasteiger partial charge in [0.25, 0.3) is 0 Å². The summed E-state index contributed by atoms with van der Waals surface area (Å²) in [4.78, 5) is 0. The molecular weight excluding hydrogens is 272 g/mol. The van der Waals surface area contributed by atoms with Crippen molar-refractivity contribution in [1.82, 2.24) is 0 Å². The van der Waals surface area contributed by atoms with E-state index in [1.54, 1.807) is 14.2 Å². The summed E-state index contributed by atoms with van der Waals surface area (Å²) in [6, 6.07) is 5.62. The Labute approximate surface area is 105 Å². The van der Waals surface area contributed by atoms with Crippen molar-refractivity contribution >= 4 is 15.9 Å². The Morgan fingerprint density at radius 3 is 2.75 bits per heavy atom. The number of halogens is 1. The summed E-state index contributed by atoms with van der Waals surface area (Å²) in [5.41, 5.74) is 0.813. The molecule has 1 aromatic rings. The molecule has 16 heavy (non-hydrogen) atoms. The molecule has 0 aromatic heterocycles. The Hall–Kier alpha value is -0.580. The predicted octanol–water partition coefficient (Wildman–Crippen LogP) is 2.92. The zero-order chi connectivity index (χ0) is 12.0. The Bertz CT molecular complexity index is 328. The first-order valence-corrected chi connectivity index (χ1v) is 5.98. The summed E-state index contributed by atoms with van der Waals surface area (Å²) in [5, 5.41) is 10.0. The number of aliphatic hydroxyl groups excluding tert-OH is 1. The summed E-state index contributed by atoms with van der Waals surface area (Å²) in [7, 11) is 3.26. The van der Waals surface area contributed by atoms with Crippen LogP contribution in [0.25, 0.3) is 0 Å². The first-order valence-electron chi connectivity index (χ1n) is 5.19. The van der Waals surface area contributed by atoms with E-state index in [4.69, 9.17) is 9.47 Å². The van der Waals surface area contributed by atoms with Crippen molar-refractivity contribution in [2.75, 3.05) is 20.8 Å². The zero-order valence-corrected chi connectivity index (χ0v) is 11.2. The normalized spacial score (nSPS) is 12.5. The van der Waals surface area contributed by atoms with Crippen LogP contribution in [0.3, 0.4) is 0 Å². The fraction of sp³-hybridized carbons (Fsp3) is 0.500. The van der Waals surface area contributed by atoms with E-state index in [-0.39, 0.29) is 0 Å². The second-order valence-corrected chi connectivity index (χ2v) is 4.45. The Morgan fingerprint density at radius 2 is 2.12 bits per heavy atom. The van der Waals surface area contributed by atoms with Gasteiger partial charge in [0.2, 0.25) is 0 Å². The lowest BCUT2D eigenvalue weighted by molar-refractivity contribution is 0.134. The van der Waals surface area contributed by atoms with Crippen molar-refractivity contribution in [3.63, 3.8) is 0 Å². The van der Waals surface area contributed by atoms with Gasteiger partial charge in [0.1, 0.15) is 5.75 Å². The van der Waals surface area contributed by atoms with Crippen LogP contribution in [-0.2, 0) is 4.74 Å². The number of hydrogen-bond donors (Lipinski definition) is 1. The molecule has 0 saturated carbocycles. The van der Waals surface area contributed by atoms with E-state index in [1.807, 2.05) is 18.2 Å². The molecule has 0 spiro atoms. The van der Waals surface area contributed by atoms with Gasteiger partial charge in [-0.2, -0.15) is 0 Å². The smallest absolute Gasteiger partial charge is 0.124 e. The maximum atomic E-state index is 10.0. The first-order chi connectivity index (χ1) is 7.69. The number of aliphatic hydroxyl groups is 1. The molecule has 4 heteroatoms. The van der Waals surface area contributed by atoms with E-state index in [1.165, 1.54) is 0 Å². The topological polar surface area (TPSA) is 38.7 Å². The molecule has 3 nitrogen and oxygen atoms in total. The third-order valence-electron chi connectivity index (χ3n) is 2.38. The molecule has 1 unspecified atom stereocenters. The van der Waals surface area contributed by atoms with Crippen molar-refractivity contribution in [3.05, 3.63) is 28.2 Å². The Kier molecular flexibility index (Phi) is 5.80. The molecule has 0 bridgehead atoms. The molecular formula is C12H17BrO3. The Balaban J connectivity index is 2.72. The number of hydrogen-bond acceptors (Lipinski definition) is 3. The van der Waals surface area contributed by atoms with E-state index in [2.05, 4.69) is 15.9 Å². The van der Waals surface area contributed by atoms with Crippen molar-refractivity contribution < 1.29 is 14.6 Å². The van der Waals surface area contributed by atoms with Gasteiger partial charge in [0, 0.05) is 23.8 Å². The highest BCUT2D eigenvalue weighted by molar-refractivity contribution is 9.10. The summed E-state index contributed by atoms with van der Waals surface area (Å²) >= 11 is 3.38. The lowest BCUT2D eigenvalue weighted by Gasteiger charge is -2.15. The molecule has 0 saturated heterocycles. The van der Waals surface area contributed by atoms with Gasteiger partial charge in [-0.05, 0) is 31.0 Å². The molecule has 0 amide bonds. The number of methoxy groups -OCH3 is 2. The van der Waals surface area contributed by atoms with Crippen molar-refractivity contribution in [1.29, 1.82) is 0 Å². The van der Waals surface area contributed by atoms with E-state index in [9.17, 15) is 5.11 Å². The highest BCUT2D eigenvalue weighted by Gasteiger charge is 2.13. The van der Waals surface area contributed by atoms with E-state index >= 15 is 0 Å². The second kappa shape index (κ2) is 6.89. The van der Waals surface area contributed by atoms with Gasteiger partial charge in [0.05, 0.1) is 13.2 Å². The average Bonchev–Trinajstić information content (AvgIpc) is 2.29. The predicted molar refractivity (Wildman–Crippen MR) is 66.8 cm³/mol. The minimum atomic E-state index is -0.511. The summed E-state index contributed by atoms with van der Waals surface area (Å²) < 4.78 is 11.1. The van der Waals surface area contributed by atoms with Crippen LogP contribution in [0, 0.1) is 0 Å². The Morgan fingerprint density at radius 1 is 1.38 bits per heavy atom. The van der Waals surface area contributed by atoms with Gasteiger partial charge in [-0.25, -0.2) is 0 Å². The molecule has 1 N–H and O–H groups in total. The fourth-order valence-electron chi connectivity index (χ4n) is 1.54. The molecule has 0 fully saturated rings. The van der Waals surface area contributed by atoms with E-state index in [0.717, 1.165) is 16.5 Å². The third-order valence-corrected chi connectivity index (χ3v) is 2.87. The van der Waals surface area contributed by atoms with Crippen LogP contribution >= 0.6 is 15.9 Å². The quantitative estimate of drug-likeness (QED) is 0.818. The van der Waals surface area contributed by atoms with Gasteiger partial charge in [-0.3, -0.25) is 0 Å². The van der Waals surface area contributed by atoms with Gasteiger partial charge >= 0.3 is 0 Å². The molecule has 0 aliphatic heterocycles. The van der Waals surface area contributed by atoms with Crippen LogP contribution < -0.4 is 4.74 Å². The summed E-state index contributed by atoms with van der Waals surface area (Å²) in [6.45, 7) is 0.660. The number of benzene rings is 1. The van der Waals surface area contributed by atoms with Crippen molar-refractivity contribution in [2.24, 2.45) is 0 Å². The SMILES string of the molecule is COCCCC(O)c1cc(Br)ccc1OC. The van der Waals surface area contributed by atoms with Crippen LogP contribution in [0.1, 0.15) is 24.5 Å². The largest absolute Gasteiger partial charge is 0.496 e. The zero-order valence-electron chi connectivity index (χ0n) is 9.57. The minimum Gasteiger partial charge on any atom is -0.496 e. The monoisotopic (exact) mass is 288 g/mol. The average molecular weight is 289 g/mol. The lowest BCUT2D eigenvalue weighted by Crippen LogP contribution is -2.02. The molecule has 1 atom stereocenters. The van der Waals surface area contributed by atoms with Crippen LogP contribution in [-0.4, -0.2) is 25.9 Å². The highest BCUT2D eigenvalue weighted by atomic mass is 79.9. The molecule has 0 aliphatic rings. The van der Waals surface area contributed by atoms with Crippen LogP contribution in [0.5, 0.6) is 5.75 Å². The van der Waals surface area contributed by atoms with Gasteiger partial charge in [-0.15, -0.1) is 0 Å². The number of ether oxygens (including phenoxy) is 2. The fourth-order valence-corrected chi connectivity index (χ4v) is 1.92. The molecule has 90 valence electrons. The van der Waals surface area contributed by atoms with Crippen molar-refractivity contribution in [3.8, 4) is 5.75 Å². The van der Waals surface area contributed by atoms with Crippen LogP contribution in [0.15, 0.2) is 22.7 Å². The first kappa shape index (κ1) is 13.5.